The maximum absolute atomic E-state index is 11.0. The molecule has 7 heteroatoms. The number of aromatic nitrogens is 1. The van der Waals surface area contributed by atoms with Gasteiger partial charge in [0.05, 0.1) is 18.1 Å². The highest BCUT2D eigenvalue weighted by atomic mass is 16.6. The van der Waals surface area contributed by atoms with Crippen molar-refractivity contribution in [1.82, 2.24) is 4.98 Å². The Balaban J connectivity index is 3.36. The summed E-state index contributed by atoms with van der Waals surface area (Å²) in [7, 11) is 1.09. The van der Waals surface area contributed by atoms with Crippen LogP contribution in [0.15, 0.2) is 17.1 Å². The summed E-state index contributed by atoms with van der Waals surface area (Å²) in [5.41, 5.74) is -1.50. The number of H-pyrrole nitrogens is 1. The van der Waals surface area contributed by atoms with Crippen LogP contribution >= 0.6 is 0 Å². The molecule has 0 fully saturated rings. The predicted octanol–water partition coefficient (Wildman–Crippen LogP) is 0.0697. The molecular formula is C7H6N2O5. The zero-order valence-corrected chi connectivity index (χ0v) is 7.14. The van der Waals surface area contributed by atoms with Crippen LogP contribution in [0.3, 0.4) is 0 Å². The van der Waals surface area contributed by atoms with E-state index in [1.807, 2.05) is 0 Å². The second-order valence-electron chi connectivity index (χ2n) is 2.34. The summed E-state index contributed by atoms with van der Waals surface area (Å²) >= 11 is 0. The molecule has 1 aromatic rings. The van der Waals surface area contributed by atoms with E-state index in [-0.39, 0.29) is 5.56 Å². The maximum atomic E-state index is 11.0. The lowest BCUT2D eigenvalue weighted by Crippen LogP contribution is -2.12. The van der Waals surface area contributed by atoms with E-state index in [1.54, 1.807) is 0 Å². The molecule has 1 N–H and O–H groups in total. The van der Waals surface area contributed by atoms with Crippen LogP contribution in [0.2, 0.25) is 0 Å². The van der Waals surface area contributed by atoms with Crippen molar-refractivity contribution in [3.05, 3.63) is 38.3 Å². The molecule has 0 bridgehead atoms. The summed E-state index contributed by atoms with van der Waals surface area (Å²) < 4.78 is 4.30. The van der Waals surface area contributed by atoms with Crippen LogP contribution in [0.4, 0.5) is 5.69 Å². The first-order valence-electron chi connectivity index (χ1n) is 3.51. The number of nitro groups is 1. The average molecular weight is 198 g/mol. The molecular weight excluding hydrogens is 192 g/mol. The normalized spacial score (nSPS) is 9.50. The molecule has 0 aliphatic rings. The van der Waals surface area contributed by atoms with Gasteiger partial charge in [-0.05, 0) is 0 Å². The second kappa shape index (κ2) is 3.69. The predicted molar refractivity (Wildman–Crippen MR) is 45.1 cm³/mol. The molecule has 0 aromatic carbocycles. The zero-order chi connectivity index (χ0) is 10.7. The summed E-state index contributed by atoms with van der Waals surface area (Å²) in [4.78, 5) is 33.5. The second-order valence-corrected chi connectivity index (χ2v) is 2.34. The smallest absolute Gasteiger partial charge is 0.346 e. The molecule has 0 saturated carbocycles. The highest BCUT2D eigenvalue weighted by Gasteiger charge is 2.21. The molecule has 14 heavy (non-hydrogen) atoms. The van der Waals surface area contributed by atoms with Gasteiger partial charge in [0.2, 0.25) is 0 Å². The number of esters is 1. The van der Waals surface area contributed by atoms with Gasteiger partial charge >= 0.3 is 5.97 Å². The van der Waals surface area contributed by atoms with Crippen LogP contribution < -0.4 is 5.56 Å². The Kier molecular flexibility index (Phi) is 2.61. The van der Waals surface area contributed by atoms with Crippen molar-refractivity contribution in [3.8, 4) is 0 Å². The average Bonchev–Trinajstić information content (AvgIpc) is 2.16. The molecule has 1 heterocycles. The highest BCUT2D eigenvalue weighted by molar-refractivity contribution is 5.93. The van der Waals surface area contributed by atoms with Crippen LogP contribution in [0.5, 0.6) is 0 Å². The molecule has 0 radical (unpaired) electrons. The summed E-state index contributed by atoms with van der Waals surface area (Å²) in [6.45, 7) is 0. The molecule has 74 valence electrons. The van der Waals surface area contributed by atoms with Gasteiger partial charge in [0.1, 0.15) is 0 Å². The number of pyridine rings is 1. The Morgan fingerprint density at radius 1 is 1.64 bits per heavy atom. The van der Waals surface area contributed by atoms with Gasteiger partial charge in [0.25, 0.3) is 11.2 Å². The first kappa shape index (κ1) is 9.90. The lowest BCUT2D eigenvalue weighted by Gasteiger charge is -1.98. The molecule has 0 atom stereocenters. The minimum Gasteiger partial charge on any atom is -0.465 e. The maximum Gasteiger partial charge on any atom is 0.346 e. The Morgan fingerprint density at radius 3 is 2.79 bits per heavy atom. The van der Waals surface area contributed by atoms with Crippen LogP contribution in [-0.4, -0.2) is 23.0 Å². The third-order valence-electron chi connectivity index (χ3n) is 1.50. The number of nitrogens with zero attached hydrogens (tertiary/aromatic N) is 1. The lowest BCUT2D eigenvalue weighted by atomic mass is 10.2. The zero-order valence-electron chi connectivity index (χ0n) is 7.14. The number of ether oxygens (including phenoxy) is 1. The number of nitrogens with one attached hydrogen (secondary N) is 1. The molecule has 1 rings (SSSR count). The van der Waals surface area contributed by atoms with E-state index in [4.69, 9.17) is 0 Å². The van der Waals surface area contributed by atoms with Crippen molar-refractivity contribution in [3.63, 3.8) is 0 Å². The minimum atomic E-state index is -0.868. The minimum absolute atomic E-state index is 0.280. The first-order chi connectivity index (χ1) is 6.56. The van der Waals surface area contributed by atoms with Gasteiger partial charge in [-0.2, -0.15) is 0 Å². The number of carbonyl (C=O) groups excluding carboxylic acids is 1. The SMILES string of the molecule is COC(=O)c1c[nH]c(=O)cc1[N+](=O)[O-]. The summed E-state index contributed by atoms with van der Waals surface area (Å²) in [6.07, 6.45) is 0.951. The standard InChI is InChI=1S/C7H6N2O5/c1-14-7(11)4-3-8-6(10)2-5(4)9(12)13/h2-3H,1H3,(H,8,10). The Hall–Kier alpha value is -2.18. The van der Waals surface area contributed by atoms with Gasteiger partial charge in [0, 0.05) is 6.20 Å². The van der Waals surface area contributed by atoms with Crippen LogP contribution in [0.1, 0.15) is 10.4 Å². The highest BCUT2D eigenvalue weighted by Crippen LogP contribution is 2.14. The van der Waals surface area contributed by atoms with E-state index in [0.29, 0.717) is 0 Å². The van der Waals surface area contributed by atoms with Gasteiger partial charge in [-0.25, -0.2) is 4.79 Å². The topological polar surface area (TPSA) is 102 Å². The van der Waals surface area contributed by atoms with Crippen molar-refractivity contribution >= 4 is 11.7 Å². The van der Waals surface area contributed by atoms with E-state index in [9.17, 15) is 19.7 Å². The van der Waals surface area contributed by atoms with E-state index >= 15 is 0 Å². The Morgan fingerprint density at radius 2 is 2.29 bits per heavy atom. The number of aromatic amines is 1. The fraction of sp³-hybridized carbons (Fsp3) is 0.143. The number of methoxy groups -OCH3 is 1. The number of rotatable bonds is 2. The van der Waals surface area contributed by atoms with E-state index in [0.717, 1.165) is 19.4 Å². The third-order valence-corrected chi connectivity index (χ3v) is 1.50. The van der Waals surface area contributed by atoms with Crippen molar-refractivity contribution < 1.29 is 14.5 Å². The van der Waals surface area contributed by atoms with E-state index in [2.05, 4.69) is 9.72 Å². The van der Waals surface area contributed by atoms with Crippen LogP contribution in [-0.2, 0) is 4.74 Å². The summed E-state index contributed by atoms with van der Waals surface area (Å²) in [5, 5.41) is 10.4. The van der Waals surface area contributed by atoms with Crippen LogP contribution in [0.25, 0.3) is 0 Å². The number of hydrogen-bond acceptors (Lipinski definition) is 5. The van der Waals surface area contributed by atoms with Crippen molar-refractivity contribution in [2.75, 3.05) is 7.11 Å². The monoisotopic (exact) mass is 198 g/mol. The van der Waals surface area contributed by atoms with Gasteiger partial charge in [0.15, 0.2) is 5.56 Å². The van der Waals surface area contributed by atoms with Crippen molar-refractivity contribution in [1.29, 1.82) is 0 Å². The largest absolute Gasteiger partial charge is 0.465 e. The number of hydrogen-bond donors (Lipinski definition) is 1. The van der Waals surface area contributed by atoms with Gasteiger partial charge in [-0.1, -0.05) is 0 Å². The van der Waals surface area contributed by atoms with Crippen molar-refractivity contribution in [2.45, 2.75) is 0 Å². The van der Waals surface area contributed by atoms with Gasteiger partial charge in [-0.15, -0.1) is 0 Å². The molecule has 7 nitrogen and oxygen atoms in total. The van der Waals surface area contributed by atoms with Gasteiger partial charge < -0.3 is 9.72 Å². The number of carbonyl (C=O) groups is 1. The molecule has 0 spiro atoms. The fourth-order valence-corrected chi connectivity index (χ4v) is 0.885. The molecule has 0 unspecified atom stereocenters. The fourth-order valence-electron chi connectivity index (χ4n) is 0.885. The lowest BCUT2D eigenvalue weighted by molar-refractivity contribution is -0.385. The van der Waals surface area contributed by atoms with Crippen molar-refractivity contribution in [2.24, 2.45) is 0 Å². The van der Waals surface area contributed by atoms with E-state index < -0.39 is 22.1 Å². The third kappa shape index (κ3) is 1.76. The summed E-state index contributed by atoms with van der Waals surface area (Å²) in [6, 6.07) is 0.728. The van der Waals surface area contributed by atoms with Gasteiger partial charge in [-0.3, -0.25) is 14.9 Å². The molecule has 1 aromatic heterocycles. The molecule has 0 aliphatic carbocycles. The quantitative estimate of drug-likeness (QED) is 0.411. The molecule has 0 aliphatic heterocycles. The Labute approximate surface area is 77.5 Å². The van der Waals surface area contributed by atoms with Crippen LogP contribution in [0, 0.1) is 10.1 Å². The van der Waals surface area contributed by atoms with E-state index in [1.165, 1.54) is 0 Å². The molecule has 0 amide bonds. The Bertz CT molecular complexity index is 436. The molecule has 0 saturated heterocycles. The first-order valence-corrected chi connectivity index (χ1v) is 3.51. The summed E-state index contributed by atoms with van der Waals surface area (Å²) in [5.74, 6) is -0.868.